The SMILES string of the molecule is CCNC(=NCc1ccc(C(C)O)cc1)N1CCN(c2nccn(C)c2=O)CC1.I. The first-order valence-electron chi connectivity index (χ1n) is 10.1. The Balaban J connectivity index is 0.00000320. The molecule has 3 rings (SSSR count). The largest absolute Gasteiger partial charge is 0.389 e. The van der Waals surface area contributed by atoms with Gasteiger partial charge in [-0.05, 0) is 25.0 Å². The number of hydrogen-bond donors (Lipinski definition) is 2. The summed E-state index contributed by atoms with van der Waals surface area (Å²) in [6.45, 7) is 8.17. The van der Waals surface area contributed by atoms with Gasteiger partial charge in [-0.15, -0.1) is 24.0 Å². The third-order valence-electron chi connectivity index (χ3n) is 5.09. The van der Waals surface area contributed by atoms with Crippen molar-refractivity contribution < 1.29 is 5.11 Å². The number of benzene rings is 1. The van der Waals surface area contributed by atoms with E-state index >= 15 is 0 Å². The number of aliphatic hydroxyl groups excluding tert-OH is 1. The van der Waals surface area contributed by atoms with E-state index in [2.05, 4.69) is 22.1 Å². The number of anilines is 1. The van der Waals surface area contributed by atoms with Gasteiger partial charge in [-0.1, -0.05) is 24.3 Å². The van der Waals surface area contributed by atoms with Crippen LogP contribution >= 0.6 is 24.0 Å². The molecule has 1 saturated heterocycles. The zero-order chi connectivity index (χ0) is 20.8. The van der Waals surface area contributed by atoms with Gasteiger partial charge in [0.2, 0.25) is 0 Å². The first kappa shape index (κ1) is 24.1. The molecule has 0 saturated carbocycles. The summed E-state index contributed by atoms with van der Waals surface area (Å²) in [5.74, 6) is 1.38. The van der Waals surface area contributed by atoms with Crippen LogP contribution in [0.25, 0.3) is 0 Å². The molecule has 30 heavy (non-hydrogen) atoms. The lowest BCUT2D eigenvalue weighted by Gasteiger charge is -2.36. The average molecular weight is 526 g/mol. The number of guanidine groups is 1. The molecule has 0 spiro atoms. The molecule has 1 fully saturated rings. The van der Waals surface area contributed by atoms with Crippen molar-refractivity contribution in [3.8, 4) is 0 Å². The fourth-order valence-electron chi connectivity index (χ4n) is 3.33. The van der Waals surface area contributed by atoms with Gasteiger partial charge in [0.15, 0.2) is 11.8 Å². The lowest BCUT2D eigenvalue weighted by Crippen LogP contribution is -2.53. The lowest BCUT2D eigenvalue weighted by atomic mass is 10.1. The van der Waals surface area contributed by atoms with Crippen LogP contribution in [0.1, 0.15) is 31.1 Å². The number of halogens is 1. The zero-order valence-corrected chi connectivity index (χ0v) is 20.1. The Morgan fingerprint density at radius 3 is 2.50 bits per heavy atom. The lowest BCUT2D eigenvalue weighted by molar-refractivity contribution is 0.199. The number of aryl methyl sites for hydroxylation is 1. The number of rotatable bonds is 5. The van der Waals surface area contributed by atoms with E-state index in [0.29, 0.717) is 12.4 Å². The van der Waals surface area contributed by atoms with Crippen molar-refractivity contribution in [2.75, 3.05) is 37.6 Å². The molecule has 0 radical (unpaired) electrons. The molecule has 0 bridgehead atoms. The Kier molecular flexibility index (Phi) is 9.09. The van der Waals surface area contributed by atoms with Crippen molar-refractivity contribution in [2.24, 2.45) is 12.0 Å². The normalized spacial score (nSPS) is 15.5. The molecule has 1 aliphatic rings. The van der Waals surface area contributed by atoms with E-state index in [4.69, 9.17) is 4.99 Å². The molecule has 1 aromatic heterocycles. The second-order valence-corrected chi connectivity index (χ2v) is 7.23. The third-order valence-corrected chi connectivity index (χ3v) is 5.09. The van der Waals surface area contributed by atoms with E-state index in [-0.39, 0.29) is 29.5 Å². The quantitative estimate of drug-likeness (QED) is 0.351. The van der Waals surface area contributed by atoms with E-state index in [1.54, 1.807) is 30.9 Å². The highest BCUT2D eigenvalue weighted by Crippen LogP contribution is 2.14. The van der Waals surface area contributed by atoms with Crippen LogP contribution in [0.3, 0.4) is 0 Å². The molecule has 1 atom stereocenters. The Morgan fingerprint density at radius 2 is 1.90 bits per heavy atom. The fourth-order valence-corrected chi connectivity index (χ4v) is 3.33. The van der Waals surface area contributed by atoms with Crippen molar-refractivity contribution in [3.63, 3.8) is 0 Å². The maximum Gasteiger partial charge on any atom is 0.293 e. The fraction of sp³-hybridized carbons (Fsp3) is 0.476. The van der Waals surface area contributed by atoms with Gasteiger partial charge >= 0.3 is 0 Å². The van der Waals surface area contributed by atoms with Crippen molar-refractivity contribution in [1.82, 2.24) is 19.8 Å². The molecule has 1 unspecified atom stereocenters. The highest BCUT2D eigenvalue weighted by molar-refractivity contribution is 14.0. The van der Waals surface area contributed by atoms with E-state index in [9.17, 15) is 9.90 Å². The monoisotopic (exact) mass is 526 g/mol. The maximum atomic E-state index is 12.3. The number of aromatic nitrogens is 2. The van der Waals surface area contributed by atoms with Gasteiger partial charge in [0.25, 0.3) is 5.56 Å². The van der Waals surface area contributed by atoms with Gasteiger partial charge in [0.1, 0.15) is 0 Å². The Hall–Kier alpha value is -2.14. The average Bonchev–Trinajstić information content (AvgIpc) is 2.73. The summed E-state index contributed by atoms with van der Waals surface area (Å²) in [6.07, 6.45) is 2.88. The van der Waals surface area contributed by atoms with Crippen LogP contribution in [-0.4, -0.2) is 58.2 Å². The number of nitrogens with zero attached hydrogens (tertiary/aromatic N) is 5. The zero-order valence-electron chi connectivity index (χ0n) is 17.8. The molecular weight excluding hydrogens is 495 g/mol. The molecule has 2 heterocycles. The second-order valence-electron chi connectivity index (χ2n) is 7.23. The first-order valence-corrected chi connectivity index (χ1v) is 10.1. The van der Waals surface area contributed by atoms with Crippen molar-refractivity contribution in [2.45, 2.75) is 26.5 Å². The Bertz CT molecular complexity index is 889. The minimum Gasteiger partial charge on any atom is -0.389 e. The number of aliphatic imine (C=N–C) groups is 1. The van der Waals surface area contributed by atoms with Crippen LogP contribution in [-0.2, 0) is 13.6 Å². The summed E-state index contributed by atoms with van der Waals surface area (Å²) >= 11 is 0. The highest BCUT2D eigenvalue weighted by atomic mass is 127. The van der Waals surface area contributed by atoms with E-state index in [1.165, 1.54) is 0 Å². The molecule has 9 heteroatoms. The van der Waals surface area contributed by atoms with Crippen molar-refractivity contribution in [1.29, 1.82) is 0 Å². The summed E-state index contributed by atoms with van der Waals surface area (Å²) in [5.41, 5.74) is 1.93. The van der Waals surface area contributed by atoms with Crippen LogP contribution in [0.2, 0.25) is 0 Å². The maximum absolute atomic E-state index is 12.3. The molecule has 8 nitrogen and oxygen atoms in total. The summed E-state index contributed by atoms with van der Waals surface area (Å²) in [7, 11) is 1.74. The molecule has 2 aromatic rings. The Morgan fingerprint density at radius 1 is 1.23 bits per heavy atom. The summed E-state index contributed by atoms with van der Waals surface area (Å²) in [4.78, 5) is 25.6. The molecule has 0 amide bonds. The standard InChI is InChI=1S/C21H30N6O2.HI/c1-4-22-21(24-15-17-5-7-18(8-6-17)16(2)28)27-13-11-26(12-14-27)19-20(29)25(3)10-9-23-19;/h5-10,16,28H,4,11-15H2,1-3H3,(H,22,24);1H. The van der Waals surface area contributed by atoms with Gasteiger partial charge in [-0.3, -0.25) is 4.79 Å². The van der Waals surface area contributed by atoms with Gasteiger partial charge in [0, 0.05) is 52.2 Å². The molecule has 0 aliphatic carbocycles. The van der Waals surface area contributed by atoms with Crippen LogP contribution in [0.15, 0.2) is 46.4 Å². The predicted molar refractivity (Wildman–Crippen MR) is 131 cm³/mol. The smallest absolute Gasteiger partial charge is 0.293 e. The van der Waals surface area contributed by atoms with Crippen LogP contribution in [0, 0.1) is 0 Å². The van der Waals surface area contributed by atoms with E-state index < -0.39 is 6.10 Å². The van der Waals surface area contributed by atoms with Gasteiger partial charge in [-0.25, -0.2) is 9.98 Å². The highest BCUT2D eigenvalue weighted by Gasteiger charge is 2.22. The van der Waals surface area contributed by atoms with Gasteiger partial charge in [-0.2, -0.15) is 0 Å². The van der Waals surface area contributed by atoms with Crippen LogP contribution in [0.5, 0.6) is 0 Å². The van der Waals surface area contributed by atoms with Crippen molar-refractivity contribution >= 4 is 35.8 Å². The Labute approximate surface area is 194 Å². The number of nitrogens with one attached hydrogen (secondary N) is 1. The molecule has 1 aliphatic heterocycles. The van der Waals surface area contributed by atoms with Crippen LogP contribution < -0.4 is 15.8 Å². The van der Waals surface area contributed by atoms with Crippen molar-refractivity contribution in [3.05, 3.63) is 58.1 Å². The summed E-state index contributed by atoms with van der Waals surface area (Å²) in [5, 5.41) is 13.0. The summed E-state index contributed by atoms with van der Waals surface area (Å²) < 4.78 is 1.56. The number of aliphatic hydroxyl groups is 1. The van der Waals surface area contributed by atoms with Crippen LogP contribution in [0.4, 0.5) is 5.82 Å². The van der Waals surface area contributed by atoms with E-state index in [1.807, 2.05) is 29.2 Å². The summed E-state index contributed by atoms with van der Waals surface area (Å²) in [6, 6.07) is 7.89. The first-order chi connectivity index (χ1) is 14.0. The van der Waals surface area contributed by atoms with Gasteiger partial charge in [0.05, 0.1) is 12.6 Å². The number of hydrogen-bond acceptors (Lipinski definition) is 5. The van der Waals surface area contributed by atoms with Gasteiger partial charge < -0.3 is 24.8 Å². The third kappa shape index (κ3) is 5.94. The minimum absolute atomic E-state index is 0. The molecule has 2 N–H and O–H groups in total. The topological polar surface area (TPSA) is 86.0 Å². The molecular formula is C21H31IN6O2. The minimum atomic E-state index is -0.461. The molecule has 164 valence electrons. The number of piperazine rings is 1. The molecule has 1 aromatic carbocycles. The van der Waals surface area contributed by atoms with E-state index in [0.717, 1.165) is 49.8 Å². The predicted octanol–water partition coefficient (Wildman–Crippen LogP) is 1.74. The second kappa shape index (κ2) is 11.3.